The van der Waals surface area contributed by atoms with E-state index in [0.29, 0.717) is 17.4 Å². The van der Waals surface area contributed by atoms with E-state index in [2.05, 4.69) is 20.5 Å². The number of aromatic nitrogens is 1. The molecule has 0 bridgehead atoms. The minimum atomic E-state index is -5.04. The van der Waals surface area contributed by atoms with Crippen molar-refractivity contribution in [1.82, 2.24) is 20.7 Å². The van der Waals surface area contributed by atoms with E-state index < -0.39 is 65.2 Å². The molecule has 1 aliphatic rings. The number of rotatable bonds is 8. The Bertz CT molecular complexity index is 1280. The molecule has 0 spiro atoms. The number of benzene rings is 1. The number of carbonyl (C=O) groups excluding carboxylic acids is 4. The molecule has 2 N–H and O–H groups in total. The van der Waals surface area contributed by atoms with Crippen molar-refractivity contribution in [1.29, 1.82) is 0 Å². The van der Waals surface area contributed by atoms with Crippen LogP contribution in [0, 0.1) is 11.8 Å². The fourth-order valence-electron chi connectivity index (χ4n) is 4.34. The van der Waals surface area contributed by atoms with Crippen LogP contribution >= 0.6 is 0 Å². The molecule has 0 unspecified atom stereocenters. The highest BCUT2D eigenvalue weighted by molar-refractivity contribution is 6.05. The molecule has 0 saturated carbocycles. The normalized spacial score (nSPS) is 17.3. The molecule has 2 heterocycles. The number of likely N-dealkylation sites (tertiary alicyclic amines) is 1. The van der Waals surface area contributed by atoms with E-state index in [1.54, 1.807) is 38.1 Å². The van der Waals surface area contributed by atoms with Crippen molar-refractivity contribution in [3.05, 3.63) is 41.4 Å². The monoisotopic (exact) mass is 552 g/mol. The predicted octanol–water partition coefficient (Wildman–Crippen LogP) is 3.68. The number of allylic oxidation sites excluding steroid dienone is 2. The fourth-order valence-corrected chi connectivity index (χ4v) is 4.34. The third kappa shape index (κ3) is 6.76. The molecule has 2 atom stereocenters. The van der Waals surface area contributed by atoms with Gasteiger partial charge >= 0.3 is 12.1 Å². The lowest BCUT2D eigenvalue weighted by atomic mass is 10.0. The van der Waals surface area contributed by atoms with Crippen molar-refractivity contribution in [2.75, 3.05) is 6.54 Å². The first-order valence-electron chi connectivity index (χ1n) is 12.5. The Kier molecular flexibility index (Phi) is 9.03. The van der Waals surface area contributed by atoms with Gasteiger partial charge in [0.1, 0.15) is 12.1 Å². The predicted molar refractivity (Wildman–Crippen MR) is 133 cm³/mol. The van der Waals surface area contributed by atoms with Crippen LogP contribution in [0.3, 0.4) is 0 Å². The van der Waals surface area contributed by atoms with Gasteiger partial charge in [0.2, 0.25) is 17.6 Å². The van der Waals surface area contributed by atoms with Gasteiger partial charge in [0.25, 0.3) is 5.91 Å². The molecule has 0 aliphatic carbocycles. The number of hydrogen-bond acceptors (Lipinski definition) is 7. The van der Waals surface area contributed by atoms with E-state index in [4.69, 9.17) is 4.52 Å². The summed E-state index contributed by atoms with van der Waals surface area (Å²) in [6.07, 6.45) is -4.42. The van der Waals surface area contributed by atoms with Gasteiger partial charge < -0.3 is 24.8 Å². The molecule has 2 aromatic rings. The van der Waals surface area contributed by atoms with Gasteiger partial charge in [-0.1, -0.05) is 45.0 Å². The number of ether oxygens (including phenoxy) is 1. The van der Waals surface area contributed by atoms with Crippen LogP contribution in [-0.4, -0.2) is 58.6 Å². The topological polar surface area (TPSA) is 131 Å². The first-order chi connectivity index (χ1) is 18.2. The average molecular weight is 553 g/mol. The molecule has 1 fully saturated rings. The van der Waals surface area contributed by atoms with E-state index in [1.807, 2.05) is 0 Å². The van der Waals surface area contributed by atoms with Gasteiger partial charge in [0.05, 0.1) is 11.1 Å². The summed E-state index contributed by atoms with van der Waals surface area (Å²) in [5.41, 5.74) is -0.224. The average Bonchev–Trinajstić information content (AvgIpc) is 3.50. The van der Waals surface area contributed by atoms with Crippen LogP contribution < -0.4 is 10.6 Å². The van der Waals surface area contributed by atoms with Crippen LogP contribution in [0.4, 0.5) is 13.2 Å². The number of carbonyl (C=O) groups is 4. The number of fused-ring (bicyclic) bond motifs is 1. The van der Waals surface area contributed by atoms with Crippen molar-refractivity contribution in [2.24, 2.45) is 11.8 Å². The summed E-state index contributed by atoms with van der Waals surface area (Å²) >= 11 is 0. The van der Waals surface area contributed by atoms with Crippen molar-refractivity contribution in [2.45, 2.75) is 65.7 Å². The Morgan fingerprint density at radius 1 is 1.13 bits per heavy atom. The van der Waals surface area contributed by atoms with Crippen molar-refractivity contribution in [3.63, 3.8) is 0 Å². The second-order valence-electron chi connectivity index (χ2n) is 9.89. The summed E-state index contributed by atoms with van der Waals surface area (Å²) in [5, 5.41) is 9.18. The van der Waals surface area contributed by atoms with E-state index in [9.17, 15) is 32.3 Å². The summed E-state index contributed by atoms with van der Waals surface area (Å²) in [6.45, 7) is 7.22. The van der Waals surface area contributed by atoms with E-state index >= 15 is 0 Å². The number of nitrogens with zero attached hydrogens (tertiary/aromatic N) is 2. The van der Waals surface area contributed by atoms with Crippen LogP contribution in [0.5, 0.6) is 0 Å². The summed E-state index contributed by atoms with van der Waals surface area (Å²) in [5.74, 6) is -6.12. The zero-order valence-corrected chi connectivity index (χ0v) is 22.2. The zero-order chi connectivity index (χ0) is 29.1. The quantitative estimate of drug-likeness (QED) is 0.377. The van der Waals surface area contributed by atoms with Crippen LogP contribution in [0.1, 0.15) is 57.9 Å². The number of nitrogens with one attached hydrogen (secondary N) is 2. The summed E-state index contributed by atoms with van der Waals surface area (Å²) in [4.78, 5) is 52.3. The molecule has 39 heavy (non-hydrogen) atoms. The smallest absolute Gasteiger partial charge is 0.420 e. The molecule has 3 amide bonds. The highest BCUT2D eigenvalue weighted by Gasteiger charge is 2.43. The summed E-state index contributed by atoms with van der Waals surface area (Å²) < 4.78 is 50.5. The maximum Gasteiger partial charge on any atom is 0.451 e. The molecule has 1 aromatic carbocycles. The van der Waals surface area contributed by atoms with Gasteiger partial charge in [0.15, 0.2) is 11.3 Å². The van der Waals surface area contributed by atoms with Crippen molar-refractivity contribution < 1.29 is 41.6 Å². The number of hydrogen-bond donors (Lipinski definition) is 2. The Hall–Kier alpha value is -3.90. The lowest BCUT2D eigenvalue weighted by Gasteiger charge is -2.31. The molecule has 13 heteroatoms. The highest BCUT2D eigenvalue weighted by atomic mass is 19.4. The Morgan fingerprint density at radius 3 is 2.38 bits per heavy atom. The molecule has 10 nitrogen and oxygen atoms in total. The maximum atomic E-state index is 13.7. The van der Waals surface area contributed by atoms with Gasteiger partial charge in [-0.2, -0.15) is 13.2 Å². The van der Waals surface area contributed by atoms with Crippen LogP contribution in [-0.2, 0) is 19.1 Å². The third-order valence-electron chi connectivity index (χ3n) is 6.23. The maximum absolute atomic E-state index is 13.7. The lowest BCUT2D eigenvalue weighted by molar-refractivity contribution is -0.159. The van der Waals surface area contributed by atoms with Crippen molar-refractivity contribution in [3.8, 4) is 0 Å². The second-order valence-corrected chi connectivity index (χ2v) is 9.89. The van der Waals surface area contributed by atoms with Gasteiger partial charge in [-0.05, 0) is 36.8 Å². The number of alkyl halides is 3. The number of esters is 1. The van der Waals surface area contributed by atoms with Crippen molar-refractivity contribution >= 4 is 34.7 Å². The van der Waals surface area contributed by atoms with E-state index in [1.165, 1.54) is 18.7 Å². The SMILES string of the molecule is CC(=O)O/C(=C(/NC(=O)[C@@H]1CCCN1C(=O)[C@@H](NC(=O)c1noc2ccccc12)C(C)C)C(C)C)C(F)(F)F. The molecule has 212 valence electrons. The molecule has 3 rings (SSSR count). The standard InChI is InChI=1S/C26H31F3N4O6/c1-13(2)19(22(26(27,28)29)38-15(5)34)30-23(35)17-10-8-12-33(17)25(37)20(14(3)4)31-24(36)21-16-9-6-7-11-18(16)39-32-21/h6-7,9,11,13-14,17,20H,8,10,12H2,1-5H3,(H,30,35)(H,31,36)/b22-19+/t17-,20-/m0/s1. The third-order valence-corrected chi connectivity index (χ3v) is 6.23. The fraction of sp³-hybridized carbons (Fsp3) is 0.500. The van der Waals surface area contributed by atoms with Gasteiger partial charge in [-0.3, -0.25) is 19.2 Å². The van der Waals surface area contributed by atoms with Crippen LogP contribution in [0.2, 0.25) is 0 Å². The van der Waals surface area contributed by atoms with Crippen LogP contribution in [0.25, 0.3) is 11.0 Å². The van der Waals surface area contributed by atoms with Gasteiger partial charge in [0, 0.05) is 13.5 Å². The Balaban J connectivity index is 1.83. The lowest BCUT2D eigenvalue weighted by Crippen LogP contribution is -2.55. The minimum absolute atomic E-state index is 0.00312. The first kappa shape index (κ1) is 29.7. The number of halogens is 3. The second kappa shape index (κ2) is 11.9. The molecule has 1 aromatic heterocycles. The van der Waals surface area contributed by atoms with Gasteiger partial charge in [-0.15, -0.1) is 0 Å². The molecular weight excluding hydrogens is 521 g/mol. The Labute approximate surface area is 222 Å². The number of amides is 3. The van der Waals surface area contributed by atoms with Gasteiger partial charge in [-0.25, -0.2) is 0 Å². The Morgan fingerprint density at radius 2 is 1.79 bits per heavy atom. The summed E-state index contributed by atoms with van der Waals surface area (Å²) in [7, 11) is 0. The highest BCUT2D eigenvalue weighted by Crippen LogP contribution is 2.32. The largest absolute Gasteiger partial charge is 0.451 e. The molecule has 0 radical (unpaired) electrons. The van der Waals surface area contributed by atoms with E-state index in [-0.39, 0.29) is 18.7 Å². The molecular formula is C26H31F3N4O6. The molecule has 1 aliphatic heterocycles. The first-order valence-corrected chi connectivity index (χ1v) is 12.5. The zero-order valence-electron chi connectivity index (χ0n) is 22.2. The van der Waals surface area contributed by atoms with E-state index in [0.717, 1.165) is 6.92 Å². The molecule has 1 saturated heterocycles. The minimum Gasteiger partial charge on any atom is -0.420 e. The summed E-state index contributed by atoms with van der Waals surface area (Å²) in [6, 6.07) is 4.58. The van der Waals surface area contributed by atoms with Crippen LogP contribution in [0.15, 0.2) is 40.2 Å². The number of para-hydroxylation sites is 1.